The molecule has 0 saturated carbocycles. The van der Waals surface area contributed by atoms with E-state index in [1.165, 1.54) is 0 Å². The largest absolute Gasteiger partial charge is 0.337 e. The van der Waals surface area contributed by atoms with Crippen LogP contribution in [0.25, 0.3) is 16.8 Å². The van der Waals surface area contributed by atoms with Crippen molar-refractivity contribution >= 4 is 28.7 Å². The Bertz CT molecular complexity index is 1030. The summed E-state index contributed by atoms with van der Waals surface area (Å²) in [4.78, 5) is 27.6. The van der Waals surface area contributed by atoms with Crippen molar-refractivity contribution in [2.24, 2.45) is 0 Å². The predicted molar refractivity (Wildman–Crippen MR) is 112 cm³/mol. The van der Waals surface area contributed by atoms with Gasteiger partial charge in [0, 0.05) is 18.7 Å². The molecule has 4 nitrogen and oxygen atoms in total. The number of hydrogen-bond donors (Lipinski definition) is 1. The minimum Gasteiger partial charge on any atom is -0.337 e. The Morgan fingerprint density at radius 2 is 1.50 bits per heavy atom. The van der Waals surface area contributed by atoms with Gasteiger partial charge in [0.1, 0.15) is 5.70 Å². The number of nitrogens with zero attached hydrogens (tertiary/aromatic N) is 1. The number of carbonyl (C=O) groups excluding carboxylic acids is 2. The van der Waals surface area contributed by atoms with Crippen molar-refractivity contribution in [3.63, 3.8) is 0 Å². The first-order valence-corrected chi connectivity index (χ1v) is 9.57. The van der Waals surface area contributed by atoms with E-state index in [1.54, 1.807) is 18.2 Å². The summed E-state index contributed by atoms with van der Waals surface area (Å²) in [5.74, 6) is -0.408. The molecule has 4 rings (SSSR count). The second-order valence-electron chi connectivity index (χ2n) is 6.95. The third-order valence-corrected chi connectivity index (χ3v) is 5.03. The number of likely N-dealkylation sites (tertiary alicyclic amines) is 1. The van der Waals surface area contributed by atoms with Crippen molar-refractivity contribution < 1.29 is 9.59 Å². The molecule has 1 heterocycles. The molecule has 4 heteroatoms. The highest BCUT2D eigenvalue weighted by atomic mass is 16.2. The van der Waals surface area contributed by atoms with E-state index in [1.807, 2.05) is 65.6 Å². The van der Waals surface area contributed by atoms with Gasteiger partial charge < -0.3 is 10.2 Å². The van der Waals surface area contributed by atoms with Gasteiger partial charge in [-0.1, -0.05) is 60.7 Å². The lowest BCUT2D eigenvalue weighted by molar-refractivity contribution is -0.126. The second kappa shape index (κ2) is 8.09. The van der Waals surface area contributed by atoms with Gasteiger partial charge in [0.05, 0.1) is 0 Å². The number of benzene rings is 3. The van der Waals surface area contributed by atoms with Gasteiger partial charge in [0.25, 0.3) is 11.8 Å². The summed E-state index contributed by atoms with van der Waals surface area (Å²) in [6, 6.07) is 23.0. The lowest BCUT2D eigenvalue weighted by atomic mass is 10.0. The zero-order chi connectivity index (χ0) is 19.3. The predicted octanol–water partition coefficient (Wildman–Crippen LogP) is 4.23. The highest BCUT2D eigenvalue weighted by molar-refractivity contribution is 6.06. The van der Waals surface area contributed by atoms with Gasteiger partial charge >= 0.3 is 0 Å². The first kappa shape index (κ1) is 18.0. The van der Waals surface area contributed by atoms with E-state index in [9.17, 15) is 9.59 Å². The fraction of sp³-hybridized carbons (Fsp3) is 0.167. The maximum atomic E-state index is 13.1. The molecule has 28 heavy (non-hydrogen) atoms. The number of rotatable bonds is 4. The Labute approximate surface area is 164 Å². The quantitative estimate of drug-likeness (QED) is 0.699. The first-order valence-electron chi connectivity index (χ1n) is 9.57. The zero-order valence-corrected chi connectivity index (χ0v) is 15.6. The average molecular weight is 370 g/mol. The van der Waals surface area contributed by atoms with Crippen LogP contribution in [0, 0.1) is 0 Å². The molecule has 1 aliphatic rings. The third kappa shape index (κ3) is 3.81. The van der Waals surface area contributed by atoms with Gasteiger partial charge in [-0.2, -0.15) is 0 Å². The van der Waals surface area contributed by atoms with Crippen LogP contribution in [0.1, 0.15) is 28.8 Å². The van der Waals surface area contributed by atoms with Crippen LogP contribution < -0.4 is 5.32 Å². The summed E-state index contributed by atoms with van der Waals surface area (Å²) in [6.07, 6.45) is 3.80. The van der Waals surface area contributed by atoms with Crippen molar-refractivity contribution in [1.29, 1.82) is 0 Å². The van der Waals surface area contributed by atoms with Gasteiger partial charge in [-0.25, -0.2) is 0 Å². The summed E-state index contributed by atoms with van der Waals surface area (Å²) in [7, 11) is 0. The van der Waals surface area contributed by atoms with Crippen LogP contribution >= 0.6 is 0 Å². The SMILES string of the molecule is O=C(N/C(=C\c1cccc2ccccc12)C(=O)N1CCCC1)c1ccccc1. The first-order chi connectivity index (χ1) is 13.7. The van der Waals surface area contributed by atoms with Crippen LogP contribution in [-0.4, -0.2) is 29.8 Å². The summed E-state index contributed by atoms with van der Waals surface area (Å²) < 4.78 is 0. The lowest BCUT2D eigenvalue weighted by Gasteiger charge is -2.18. The van der Waals surface area contributed by atoms with E-state index >= 15 is 0 Å². The summed E-state index contributed by atoms with van der Waals surface area (Å²) in [6.45, 7) is 1.46. The van der Waals surface area contributed by atoms with Crippen molar-refractivity contribution in [2.75, 3.05) is 13.1 Å². The summed E-state index contributed by atoms with van der Waals surface area (Å²) >= 11 is 0. The second-order valence-corrected chi connectivity index (χ2v) is 6.95. The maximum absolute atomic E-state index is 13.1. The molecule has 2 amide bonds. The minimum atomic E-state index is -0.278. The van der Waals surface area contributed by atoms with Gasteiger partial charge in [0.15, 0.2) is 0 Å². The highest BCUT2D eigenvalue weighted by Crippen LogP contribution is 2.22. The van der Waals surface area contributed by atoms with Crippen molar-refractivity contribution in [3.8, 4) is 0 Å². The fourth-order valence-corrected chi connectivity index (χ4v) is 3.56. The molecule has 3 aromatic carbocycles. The molecule has 3 aromatic rings. The molecule has 1 N–H and O–H groups in total. The van der Waals surface area contributed by atoms with Gasteiger partial charge in [-0.05, 0) is 47.4 Å². The Morgan fingerprint density at radius 3 is 2.29 bits per heavy atom. The zero-order valence-electron chi connectivity index (χ0n) is 15.6. The molecule has 1 aliphatic heterocycles. The van der Waals surface area contributed by atoms with Crippen LogP contribution in [0.4, 0.5) is 0 Å². The van der Waals surface area contributed by atoms with E-state index in [0.29, 0.717) is 11.3 Å². The van der Waals surface area contributed by atoms with Gasteiger partial charge in [-0.3, -0.25) is 9.59 Å². The van der Waals surface area contributed by atoms with Crippen LogP contribution in [-0.2, 0) is 4.79 Å². The number of nitrogens with one attached hydrogen (secondary N) is 1. The molecule has 1 fully saturated rings. The molecule has 140 valence electrons. The number of hydrogen-bond acceptors (Lipinski definition) is 2. The van der Waals surface area contributed by atoms with Crippen molar-refractivity contribution in [3.05, 3.63) is 89.6 Å². The lowest BCUT2D eigenvalue weighted by Crippen LogP contribution is -2.36. The van der Waals surface area contributed by atoms with E-state index < -0.39 is 0 Å². The summed E-state index contributed by atoms with van der Waals surface area (Å²) in [5.41, 5.74) is 1.75. The molecule has 0 spiro atoms. The monoisotopic (exact) mass is 370 g/mol. The van der Waals surface area contributed by atoms with Gasteiger partial charge in [0.2, 0.25) is 0 Å². The minimum absolute atomic E-state index is 0.130. The molecule has 1 saturated heterocycles. The number of fused-ring (bicyclic) bond motifs is 1. The molecule has 0 aromatic heterocycles. The van der Waals surface area contributed by atoms with Crippen molar-refractivity contribution in [1.82, 2.24) is 10.2 Å². The topological polar surface area (TPSA) is 49.4 Å². The molecular weight excluding hydrogens is 348 g/mol. The van der Waals surface area contributed by atoms with E-state index in [4.69, 9.17) is 0 Å². The molecule has 0 atom stereocenters. The molecule has 0 bridgehead atoms. The van der Waals surface area contributed by atoms with Crippen molar-refractivity contribution in [2.45, 2.75) is 12.8 Å². The third-order valence-electron chi connectivity index (χ3n) is 5.03. The number of amides is 2. The highest BCUT2D eigenvalue weighted by Gasteiger charge is 2.23. The molecule has 0 radical (unpaired) electrons. The Balaban J connectivity index is 1.72. The average Bonchev–Trinajstić information content (AvgIpc) is 3.28. The standard InChI is InChI=1S/C24H22N2O2/c27-23(19-10-2-1-3-11-19)25-22(24(28)26-15-6-7-16-26)17-20-13-8-12-18-9-4-5-14-21(18)20/h1-5,8-14,17H,6-7,15-16H2,(H,25,27)/b22-17-. The normalized spacial score (nSPS) is 14.3. The fourth-order valence-electron chi connectivity index (χ4n) is 3.56. The van der Waals surface area contributed by atoms with Gasteiger partial charge in [-0.15, -0.1) is 0 Å². The van der Waals surface area contributed by atoms with Crippen LogP contribution in [0.5, 0.6) is 0 Å². The Hall–Kier alpha value is -3.40. The van der Waals surface area contributed by atoms with E-state index in [0.717, 1.165) is 42.3 Å². The van der Waals surface area contributed by atoms with E-state index in [-0.39, 0.29) is 11.8 Å². The van der Waals surface area contributed by atoms with Crippen LogP contribution in [0.2, 0.25) is 0 Å². The Morgan fingerprint density at radius 1 is 0.821 bits per heavy atom. The van der Waals surface area contributed by atoms with Crippen LogP contribution in [0.15, 0.2) is 78.5 Å². The smallest absolute Gasteiger partial charge is 0.270 e. The molecular formula is C24H22N2O2. The van der Waals surface area contributed by atoms with Crippen LogP contribution in [0.3, 0.4) is 0 Å². The molecule has 0 unspecified atom stereocenters. The van der Waals surface area contributed by atoms with E-state index in [2.05, 4.69) is 5.32 Å². The molecule has 0 aliphatic carbocycles. The number of carbonyl (C=O) groups is 2. The maximum Gasteiger partial charge on any atom is 0.270 e. The Kier molecular flexibility index (Phi) is 5.20. The summed E-state index contributed by atoms with van der Waals surface area (Å²) in [5, 5.41) is 5.00.